The highest BCUT2D eigenvalue weighted by atomic mass is 32.2. The number of aliphatic hydroxyl groups excluding tert-OH is 1. The first-order valence-electron chi connectivity index (χ1n) is 9.73. The average Bonchev–Trinajstić information content (AvgIpc) is 2.97. The van der Waals surface area contributed by atoms with Gasteiger partial charge in [0.25, 0.3) is 10.1 Å². The molecule has 8 heteroatoms. The molecular formula is C20H27NO6S. The number of aromatic hydroxyl groups is 1. The molecule has 5 atom stereocenters. The lowest BCUT2D eigenvalue weighted by Gasteiger charge is -2.56. The van der Waals surface area contributed by atoms with Crippen molar-refractivity contribution in [3.05, 3.63) is 35.4 Å². The number of ether oxygens (including phenoxy) is 1. The number of nitrogens with zero attached hydrogens (tertiary/aromatic N) is 1. The van der Waals surface area contributed by atoms with Gasteiger partial charge >= 0.3 is 0 Å². The molecule has 1 fully saturated rings. The topological polar surface area (TPSA) is 107 Å². The van der Waals surface area contributed by atoms with E-state index in [1.807, 2.05) is 12.1 Å². The van der Waals surface area contributed by atoms with Crippen molar-refractivity contribution in [3.8, 4) is 11.5 Å². The van der Waals surface area contributed by atoms with Gasteiger partial charge in [0.15, 0.2) is 11.5 Å². The fourth-order valence-electron chi connectivity index (χ4n) is 5.50. The van der Waals surface area contributed by atoms with E-state index in [1.165, 1.54) is 11.1 Å². The number of benzene rings is 1. The number of likely N-dealkylation sites (N-methyl/N-ethyl adjacent to an activating group) is 1. The molecule has 0 radical (unpaired) electrons. The molecule has 1 aromatic rings. The zero-order valence-electron chi connectivity index (χ0n) is 16.1. The maximum atomic E-state index is 10.4. The van der Waals surface area contributed by atoms with Crippen molar-refractivity contribution in [2.24, 2.45) is 5.92 Å². The highest BCUT2D eigenvalue weighted by Gasteiger charge is 2.64. The molecule has 0 aromatic heterocycles. The lowest BCUT2D eigenvalue weighted by molar-refractivity contribution is -0.0453. The molecule has 1 aromatic carbocycles. The maximum absolute atomic E-state index is 10.4. The molecule has 28 heavy (non-hydrogen) atoms. The van der Waals surface area contributed by atoms with Crippen LogP contribution in [0.15, 0.2) is 24.3 Å². The highest BCUT2D eigenvalue weighted by molar-refractivity contribution is 7.85. The van der Waals surface area contributed by atoms with E-state index in [2.05, 4.69) is 18.0 Å². The number of hydrogen-bond acceptors (Lipinski definition) is 6. The third kappa shape index (κ3) is 2.85. The number of aliphatic hydroxyl groups is 1. The van der Waals surface area contributed by atoms with Gasteiger partial charge in [-0.3, -0.25) is 4.55 Å². The quantitative estimate of drug-likeness (QED) is 0.502. The van der Waals surface area contributed by atoms with Gasteiger partial charge in [0.2, 0.25) is 0 Å². The molecule has 3 N–H and O–H groups in total. The second-order valence-corrected chi connectivity index (χ2v) is 9.79. The van der Waals surface area contributed by atoms with E-state index in [1.54, 1.807) is 13.0 Å². The number of likely N-dealkylation sites (tertiary alicyclic amines) is 1. The lowest BCUT2D eigenvalue weighted by atomic mass is 9.53. The van der Waals surface area contributed by atoms with E-state index in [4.69, 9.17) is 9.29 Å². The molecule has 2 heterocycles. The van der Waals surface area contributed by atoms with E-state index in [-0.39, 0.29) is 23.0 Å². The van der Waals surface area contributed by atoms with Crippen LogP contribution in [0, 0.1) is 5.92 Å². The van der Waals surface area contributed by atoms with Crippen molar-refractivity contribution in [2.45, 2.75) is 49.9 Å². The molecule has 4 aliphatic rings. The summed E-state index contributed by atoms with van der Waals surface area (Å²) in [6.07, 6.45) is 5.65. The van der Waals surface area contributed by atoms with Crippen LogP contribution in [0.2, 0.25) is 0 Å². The number of rotatable bonds is 2. The standard InChI is InChI=1S/C17H19NO3.C3H8O3S/c1-18-7-6-17-10-3-5-13(20)16(17)21-15-12(19)4-2-9(14(15)17)8-11(10)18;1-2-3-7(4,5)6/h2-5,10-11,13,16,19-20H,6-8H2,1H3;2-3H2,1H3,(H,4,5,6)/t10-,11+,13-,16-,17-;/m0./s1. The molecule has 0 amide bonds. The summed E-state index contributed by atoms with van der Waals surface area (Å²) in [6, 6.07) is 4.23. The van der Waals surface area contributed by atoms with Gasteiger partial charge in [-0.05, 0) is 44.5 Å². The van der Waals surface area contributed by atoms with Gasteiger partial charge in [-0.25, -0.2) is 0 Å². The van der Waals surface area contributed by atoms with Crippen LogP contribution in [0.4, 0.5) is 0 Å². The number of phenols is 1. The van der Waals surface area contributed by atoms with E-state index < -0.39 is 16.2 Å². The third-order valence-electron chi connectivity index (χ3n) is 6.61. The zero-order chi connectivity index (χ0) is 20.3. The summed E-state index contributed by atoms with van der Waals surface area (Å²) in [5.74, 6) is 1.06. The second-order valence-electron chi connectivity index (χ2n) is 8.22. The highest BCUT2D eigenvalue weighted by Crippen LogP contribution is 2.62. The minimum absolute atomic E-state index is 0.132. The van der Waals surface area contributed by atoms with Crippen LogP contribution >= 0.6 is 0 Å². The van der Waals surface area contributed by atoms with Gasteiger partial charge in [-0.1, -0.05) is 25.1 Å². The number of phenolic OH excluding ortho intramolecular Hbond substituents is 1. The minimum Gasteiger partial charge on any atom is -0.504 e. The molecule has 2 aliphatic heterocycles. The predicted molar refractivity (Wildman–Crippen MR) is 104 cm³/mol. The van der Waals surface area contributed by atoms with Gasteiger partial charge in [0.05, 0.1) is 5.75 Å². The molecule has 0 unspecified atom stereocenters. The fraction of sp³-hybridized carbons (Fsp3) is 0.600. The maximum Gasteiger partial charge on any atom is 0.264 e. The Hall–Kier alpha value is -1.61. The fourth-order valence-corrected chi connectivity index (χ4v) is 6.01. The van der Waals surface area contributed by atoms with Crippen LogP contribution in [-0.2, 0) is 22.0 Å². The average molecular weight is 410 g/mol. The molecule has 0 saturated carbocycles. The molecule has 1 spiro atoms. The Kier molecular flexibility index (Phi) is 4.73. The van der Waals surface area contributed by atoms with Crippen LogP contribution < -0.4 is 4.74 Å². The molecule has 7 nitrogen and oxygen atoms in total. The normalized spacial score (nSPS) is 34.9. The second kappa shape index (κ2) is 6.73. The minimum atomic E-state index is -3.67. The summed E-state index contributed by atoms with van der Waals surface area (Å²) in [5.41, 5.74) is 2.29. The summed E-state index contributed by atoms with van der Waals surface area (Å²) in [6.45, 7) is 2.70. The van der Waals surface area contributed by atoms with Crippen LogP contribution in [0.1, 0.15) is 30.9 Å². The molecular weight excluding hydrogens is 382 g/mol. The first-order chi connectivity index (χ1) is 13.2. The van der Waals surface area contributed by atoms with Crippen LogP contribution in [-0.4, -0.2) is 65.7 Å². The van der Waals surface area contributed by atoms with Crippen molar-refractivity contribution in [1.29, 1.82) is 0 Å². The SMILES string of the molecule is CCCS(=O)(=O)O.CN1CC[C@]23c4c5ccc(O)c4O[C@H]2[C@@H](O)C=C[C@H]3[C@H]1C5. The van der Waals surface area contributed by atoms with Crippen LogP contribution in [0.3, 0.4) is 0 Å². The molecule has 2 bridgehead atoms. The monoisotopic (exact) mass is 409 g/mol. The molecule has 5 rings (SSSR count). The lowest BCUT2D eigenvalue weighted by Crippen LogP contribution is -2.64. The van der Waals surface area contributed by atoms with Gasteiger partial charge in [-0.2, -0.15) is 8.42 Å². The summed E-state index contributed by atoms with van der Waals surface area (Å²) in [7, 11) is -1.49. The Bertz CT molecular complexity index is 914. The summed E-state index contributed by atoms with van der Waals surface area (Å²) in [5, 5.41) is 20.6. The van der Waals surface area contributed by atoms with Gasteiger partial charge in [0, 0.05) is 22.9 Å². The van der Waals surface area contributed by atoms with Crippen molar-refractivity contribution < 1.29 is 27.9 Å². The van der Waals surface area contributed by atoms with Gasteiger partial charge in [-0.15, -0.1) is 0 Å². The zero-order valence-corrected chi connectivity index (χ0v) is 16.9. The smallest absolute Gasteiger partial charge is 0.264 e. The molecule has 1 saturated heterocycles. The molecule has 2 aliphatic carbocycles. The van der Waals surface area contributed by atoms with Gasteiger partial charge < -0.3 is 19.8 Å². The predicted octanol–water partition coefficient (Wildman–Crippen LogP) is 1.48. The summed E-state index contributed by atoms with van der Waals surface area (Å²) >= 11 is 0. The Morgan fingerprint density at radius 3 is 2.71 bits per heavy atom. The van der Waals surface area contributed by atoms with E-state index in [9.17, 15) is 18.6 Å². The van der Waals surface area contributed by atoms with E-state index in [0.717, 1.165) is 19.4 Å². The Balaban J connectivity index is 0.000000239. The van der Waals surface area contributed by atoms with E-state index in [0.29, 0.717) is 24.1 Å². The van der Waals surface area contributed by atoms with Gasteiger partial charge in [0.1, 0.15) is 12.2 Å². The Morgan fingerprint density at radius 2 is 2.07 bits per heavy atom. The Morgan fingerprint density at radius 1 is 1.32 bits per heavy atom. The number of hydrogen-bond donors (Lipinski definition) is 3. The van der Waals surface area contributed by atoms with Crippen LogP contribution in [0.25, 0.3) is 0 Å². The third-order valence-corrected chi connectivity index (χ3v) is 7.54. The Labute approximate surface area is 165 Å². The van der Waals surface area contributed by atoms with Crippen molar-refractivity contribution in [3.63, 3.8) is 0 Å². The van der Waals surface area contributed by atoms with E-state index >= 15 is 0 Å². The first-order valence-corrected chi connectivity index (χ1v) is 11.3. The van der Waals surface area contributed by atoms with Crippen molar-refractivity contribution in [1.82, 2.24) is 4.90 Å². The first kappa shape index (κ1) is 19.7. The van der Waals surface area contributed by atoms with Crippen molar-refractivity contribution in [2.75, 3.05) is 19.3 Å². The van der Waals surface area contributed by atoms with Crippen molar-refractivity contribution >= 4 is 10.1 Å². The largest absolute Gasteiger partial charge is 0.504 e. The molecule has 154 valence electrons. The van der Waals surface area contributed by atoms with Crippen LogP contribution in [0.5, 0.6) is 11.5 Å². The summed E-state index contributed by atoms with van der Waals surface area (Å²) < 4.78 is 33.7. The number of piperidine rings is 1. The summed E-state index contributed by atoms with van der Waals surface area (Å²) in [4.78, 5) is 2.43.